The third-order valence-corrected chi connectivity index (χ3v) is 6.72. The first-order valence-electron chi connectivity index (χ1n) is 11.6. The van der Waals surface area contributed by atoms with E-state index in [9.17, 15) is 9.59 Å². The van der Waals surface area contributed by atoms with Crippen molar-refractivity contribution in [2.75, 3.05) is 33.1 Å². The van der Waals surface area contributed by atoms with Gasteiger partial charge in [0.2, 0.25) is 0 Å². The lowest BCUT2D eigenvalue weighted by atomic mass is 10.1. The third kappa shape index (κ3) is 18.0. The molecule has 5 nitrogen and oxygen atoms in total. The van der Waals surface area contributed by atoms with Crippen molar-refractivity contribution >= 4 is 40.2 Å². The summed E-state index contributed by atoms with van der Waals surface area (Å²) in [6.07, 6.45) is 16.5. The molecule has 0 saturated carbocycles. The fourth-order valence-corrected chi connectivity index (χ4v) is 4.47. The third-order valence-electron chi connectivity index (χ3n) is 5.11. The van der Waals surface area contributed by atoms with Gasteiger partial charge < -0.3 is 14.4 Å². The number of methoxy groups -OCH3 is 2. The molecule has 30 heavy (non-hydrogen) atoms. The Morgan fingerprint density at radius 2 is 1.13 bits per heavy atom. The topological polar surface area (TPSA) is 55.8 Å². The Kier molecular flexibility index (Phi) is 20.8. The fourth-order valence-electron chi connectivity index (χ4n) is 3.14. The molecule has 0 bridgehead atoms. The maximum atomic E-state index is 11.4. The molecule has 0 aromatic heterocycles. The second-order valence-electron chi connectivity index (χ2n) is 7.64. The lowest BCUT2D eigenvalue weighted by molar-refractivity contribution is -0.140. The molecule has 0 aromatic rings. The highest BCUT2D eigenvalue weighted by atomic mass is 32.2. The van der Waals surface area contributed by atoms with E-state index in [-0.39, 0.29) is 24.8 Å². The number of unbranched alkanes of at least 4 members (excludes halogenated alkanes) is 11. The number of carbonyl (C=O) groups is 2. The highest BCUT2D eigenvalue weighted by Gasteiger charge is 2.14. The zero-order valence-electron chi connectivity index (χ0n) is 19.4. The predicted octanol–water partition coefficient (Wildman–Crippen LogP) is 6.13. The van der Waals surface area contributed by atoms with Crippen LogP contribution in [0.1, 0.15) is 96.8 Å². The Balaban J connectivity index is 3.83. The van der Waals surface area contributed by atoms with Gasteiger partial charge in [0.1, 0.15) is 4.32 Å². The number of thiocarbonyl (C=S) groups is 1. The molecule has 0 spiro atoms. The van der Waals surface area contributed by atoms with Gasteiger partial charge in [-0.25, -0.2) is 0 Å². The van der Waals surface area contributed by atoms with Gasteiger partial charge in [-0.1, -0.05) is 102 Å². The van der Waals surface area contributed by atoms with Crippen molar-refractivity contribution in [1.82, 2.24) is 4.90 Å². The molecule has 0 aliphatic heterocycles. The predicted molar refractivity (Wildman–Crippen MR) is 131 cm³/mol. The second-order valence-corrected chi connectivity index (χ2v) is 9.37. The van der Waals surface area contributed by atoms with Crippen molar-refractivity contribution < 1.29 is 19.1 Å². The Hall–Kier alpha value is -0.820. The average Bonchev–Trinajstić information content (AvgIpc) is 2.76. The van der Waals surface area contributed by atoms with Crippen LogP contribution < -0.4 is 0 Å². The summed E-state index contributed by atoms with van der Waals surface area (Å²) >= 11 is 7.16. The van der Waals surface area contributed by atoms with E-state index in [0.29, 0.717) is 13.1 Å². The number of esters is 2. The molecule has 0 rings (SSSR count). The van der Waals surface area contributed by atoms with E-state index in [4.69, 9.17) is 21.7 Å². The number of carbonyl (C=O) groups excluding carboxylic acids is 2. The summed E-state index contributed by atoms with van der Waals surface area (Å²) in [5.41, 5.74) is 0. The van der Waals surface area contributed by atoms with Gasteiger partial charge in [-0.3, -0.25) is 9.59 Å². The smallest absolute Gasteiger partial charge is 0.307 e. The lowest BCUT2D eigenvalue weighted by Gasteiger charge is -2.24. The summed E-state index contributed by atoms with van der Waals surface area (Å²) in [4.78, 5) is 24.8. The van der Waals surface area contributed by atoms with Gasteiger partial charge in [0.25, 0.3) is 0 Å². The second kappa shape index (κ2) is 21.4. The summed E-state index contributed by atoms with van der Waals surface area (Å²) in [5, 5.41) is 0. The quantitative estimate of drug-likeness (QED) is 0.130. The zero-order valence-corrected chi connectivity index (χ0v) is 21.1. The number of ether oxygens (including phenoxy) is 2. The Labute approximate surface area is 194 Å². The van der Waals surface area contributed by atoms with Gasteiger partial charge in [0, 0.05) is 18.8 Å². The van der Waals surface area contributed by atoms with Crippen LogP contribution in [-0.2, 0) is 19.1 Å². The van der Waals surface area contributed by atoms with Gasteiger partial charge >= 0.3 is 11.9 Å². The van der Waals surface area contributed by atoms with Gasteiger partial charge in [-0.15, -0.1) is 0 Å². The number of hydrogen-bond acceptors (Lipinski definition) is 6. The van der Waals surface area contributed by atoms with Crippen molar-refractivity contribution in [3.63, 3.8) is 0 Å². The molecule has 0 unspecified atom stereocenters. The van der Waals surface area contributed by atoms with E-state index >= 15 is 0 Å². The van der Waals surface area contributed by atoms with Crippen molar-refractivity contribution in [3.8, 4) is 0 Å². The molecule has 0 atom stereocenters. The molecule has 0 aromatic carbocycles. The monoisotopic (exact) mass is 461 g/mol. The minimum atomic E-state index is -0.271. The van der Waals surface area contributed by atoms with Gasteiger partial charge in [0.15, 0.2) is 0 Å². The van der Waals surface area contributed by atoms with E-state index in [1.54, 1.807) is 11.8 Å². The van der Waals surface area contributed by atoms with Crippen molar-refractivity contribution in [3.05, 3.63) is 0 Å². The summed E-state index contributed by atoms with van der Waals surface area (Å²) in [7, 11) is 2.75. The molecule has 0 N–H and O–H groups in total. The first kappa shape index (κ1) is 29.2. The molecule has 7 heteroatoms. The number of thioether (sulfide) groups is 1. The van der Waals surface area contributed by atoms with Crippen LogP contribution in [0.2, 0.25) is 0 Å². The van der Waals surface area contributed by atoms with Gasteiger partial charge in [0.05, 0.1) is 27.1 Å². The maximum absolute atomic E-state index is 11.4. The Morgan fingerprint density at radius 3 is 1.53 bits per heavy atom. The SMILES string of the molecule is CCCCCCCCCCCCCCSC(=S)N(CCC(=O)OC)CCC(=O)OC. The standard InChI is InChI=1S/C23H43NO4S2/c1-4-5-6-7-8-9-10-11-12-13-14-15-20-30-23(29)24(18-16-21(25)27-2)19-17-22(26)28-3/h4-20H2,1-3H3. The first-order chi connectivity index (χ1) is 14.5. The molecule has 0 fully saturated rings. The van der Waals surface area contributed by atoms with Gasteiger partial charge in [-0.2, -0.15) is 0 Å². The summed E-state index contributed by atoms with van der Waals surface area (Å²) in [6, 6.07) is 0. The zero-order chi connectivity index (χ0) is 22.5. The van der Waals surface area contributed by atoms with Crippen LogP contribution in [0, 0.1) is 0 Å². The van der Waals surface area contributed by atoms with Crippen molar-refractivity contribution in [1.29, 1.82) is 0 Å². The van der Waals surface area contributed by atoms with Crippen LogP contribution in [0.5, 0.6) is 0 Å². The van der Waals surface area contributed by atoms with E-state index in [1.807, 2.05) is 4.90 Å². The van der Waals surface area contributed by atoms with Crippen LogP contribution in [-0.4, -0.2) is 54.2 Å². The molecule has 0 radical (unpaired) electrons. The number of nitrogens with zero attached hydrogens (tertiary/aromatic N) is 1. The largest absolute Gasteiger partial charge is 0.469 e. The molecule has 176 valence electrons. The molecule has 0 heterocycles. The van der Waals surface area contributed by atoms with E-state index in [2.05, 4.69) is 6.92 Å². The summed E-state index contributed by atoms with van der Waals surface area (Å²) in [6.45, 7) is 3.19. The fraction of sp³-hybridized carbons (Fsp3) is 0.870. The van der Waals surface area contributed by atoms with E-state index in [0.717, 1.165) is 16.5 Å². The van der Waals surface area contributed by atoms with Crippen LogP contribution in [0.25, 0.3) is 0 Å². The minimum Gasteiger partial charge on any atom is -0.469 e. The van der Waals surface area contributed by atoms with Crippen LogP contribution in [0.3, 0.4) is 0 Å². The molecular weight excluding hydrogens is 418 g/mol. The number of hydrogen-bond donors (Lipinski definition) is 0. The molecule has 0 aliphatic carbocycles. The summed E-state index contributed by atoms with van der Waals surface area (Å²) in [5.74, 6) is 0.432. The molecule has 0 saturated heterocycles. The molecule has 0 aliphatic rings. The Morgan fingerprint density at radius 1 is 0.733 bits per heavy atom. The van der Waals surface area contributed by atoms with E-state index in [1.165, 1.54) is 84.8 Å². The maximum Gasteiger partial charge on any atom is 0.307 e. The highest BCUT2D eigenvalue weighted by molar-refractivity contribution is 8.22. The normalized spacial score (nSPS) is 10.6. The Bertz CT molecular complexity index is 440. The molecular formula is C23H43NO4S2. The summed E-state index contributed by atoms with van der Waals surface area (Å²) < 4.78 is 10.1. The number of rotatable bonds is 19. The van der Waals surface area contributed by atoms with Crippen molar-refractivity contribution in [2.24, 2.45) is 0 Å². The lowest BCUT2D eigenvalue weighted by Crippen LogP contribution is -2.32. The van der Waals surface area contributed by atoms with Crippen LogP contribution in [0.4, 0.5) is 0 Å². The first-order valence-corrected chi connectivity index (χ1v) is 13.0. The average molecular weight is 462 g/mol. The van der Waals surface area contributed by atoms with E-state index < -0.39 is 0 Å². The van der Waals surface area contributed by atoms with Crippen LogP contribution >= 0.6 is 24.0 Å². The molecule has 0 amide bonds. The van der Waals surface area contributed by atoms with Gasteiger partial charge in [-0.05, 0) is 6.42 Å². The highest BCUT2D eigenvalue weighted by Crippen LogP contribution is 2.16. The minimum absolute atomic E-state index is 0.261. The van der Waals surface area contributed by atoms with Crippen LogP contribution in [0.15, 0.2) is 0 Å². The van der Waals surface area contributed by atoms with Crippen molar-refractivity contribution in [2.45, 2.75) is 96.8 Å².